The van der Waals surface area contributed by atoms with Crippen LogP contribution in [0.25, 0.3) is 0 Å². The maximum atomic E-state index is 12.1. The molecule has 116 valence electrons. The predicted octanol–water partition coefficient (Wildman–Crippen LogP) is 2.51. The number of thiophene rings is 1. The smallest absolute Gasteiger partial charge is 0.341 e. The molecular weight excluding hydrogens is 290 g/mol. The van der Waals surface area contributed by atoms with Crippen LogP contribution in [0.15, 0.2) is 0 Å². The number of aliphatic hydroxyl groups excluding tert-OH is 1. The summed E-state index contributed by atoms with van der Waals surface area (Å²) in [4.78, 5) is 25.2. The Balaban J connectivity index is 2.12. The zero-order chi connectivity index (χ0) is 15.2. The van der Waals surface area contributed by atoms with E-state index in [4.69, 9.17) is 9.84 Å². The second-order valence-corrected chi connectivity index (χ2v) is 6.12. The molecule has 1 aromatic heterocycles. The van der Waals surface area contributed by atoms with Gasteiger partial charge in [0, 0.05) is 17.9 Å². The van der Waals surface area contributed by atoms with E-state index in [-0.39, 0.29) is 18.5 Å². The quantitative estimate of drug-likeness (QED) is 0.599. The molecular formula is C15H21NO4S. The van der Waals surface area contributed by atoms with Crippen molar-refractivity contribution in [1.82, 2.24) is 0 Å². The molecule has 0 aromatic carbocycles. The molecule has 1 aromatic rings. The van der Waals surface area contributed by atoms with Crippen LogP contribution in [0.4, 0.5) is 5.00 Å². The lowest BCUT2D eigenvalue weighted by atomic mass is 10.1. The van der Waals surface area contributed by atoms with Gasteiger partial charge in [0.25, 0.3) is 0 Å². The number of anilines is 1. The summed E-state index contributed by atoms with van der Waals surface area (Å²) in [6.45, 7) is 2.19. The summed E-state index contributed by atoms with van der Waals surface area (Å²) in [7, 11) is 0. The van der Waals surface area contributed by atoms with E-state index in [2.05, 4.69) is 5.32 Å². The number of hydrogen-bond acceptors (Lipinski definition) is 5. The van der Waals surface area contributed by atoms with Crippen LogP contribution in [-0.4, -0.2) is 30.2 Å². The molecule has 1 aliphatic carbocycles. The molecule has 5 nitrogen and oxygen atoms in total. The Morgan fingerprint density at radius 1 is 1.33 bits per heavy atom. The molecule has 2 rings (SSSR count). The minimum absolute atomic E-state index is 0.0919. The molecule has 0 unspecified atom stereocenters. The van der Waals surface area contributed by atoms with Crippen molar-refractivity contribution in [3.8, 4) is 0 Å². The maximum Gasteiger partial charge on any atom is 0.341 e. The molecule has 2 N–H and O–H groups in total. The van der Waals surface area contributed by atoms with Crippen LogP contribution >= 0.6 is 11.3 Å². The van der Waals surface area contributed by atoms with Crippen LogP contribution in [0, 0.1) is 0 Å². The maximum absolute atomic E-state index is 12.1. The fourth-order valence-electron chi connectivity index (χ4n) is 2.50. The van der Waals surface area contributed by atoms with Crippen molar-refractivity contribution in [3.63, 3.8) is 0 Å². The van der Waals surface area contributed by atoms with Crippen LogP contribution in [0.1, 0.15) is 53.4 Å². The molecule has 6 heteroatoms. The van der Waals surface area contributed by atoms with Crippen LogP contribution < -0.4 is 5.32 Å². The van der Waals surface area contributed by atoms with E-state index in [9.17, 15) is 9.59 Å². The highest BCUT2D eigenvalue weighted by atomic mass is 32.1. The number of fused-ring (bicyclic) bond motifs is 1. The summed E-state index contributed by atoms with van der Waals surface area (Å²) in [5.41, 5.74) is 1.59. The van der Waals surface area contributed by atoms with Crippen molar-refractivity contribution in [2.75, 3.05) is 18.5 Å². The highest BCUT2D eigenvalue weighted by molar-refractivity contribution is 7.17. The number of hydrogen-bond donors (Lipinski definition) is 2. The van der Waals surface area contributed by atoms with E-state index < -0.39 is 0 Å². The number of esters is 1. The van der Waals surface area contributed by atoms with Gasteiger partial charge in [-0.2, -0.15) is 0 Å². The Morgan fingerprint density at radius 3 is 2.86 bits per heavy atom. The van der Waals surface area contributed by atoms with E-state index in [1.807, 2.05) is 0 Å². The average Bonchev–Trinajstić information content (AvgIpc) is 2.99. The first kappa shape index (κ1) is 16.0. The Labute approximate surface area is 128 Å². The zero-order valence-electron chi connectivity index (χ0n) is 12.2. The summed E-state index contributed by atoms with van der Waals surface area (Å²) in [6.07, 6.45) is 4.50. The summed E-state index contributed by atoms with van der Waals surface area (Å²) in [5, 5.41) is 12.2. The summed E-state index contributed by atoms with van der Waals surface area (Å²) in [6, 6.07) is 0. The molecule has 0 fully saturated rings. The first-order valence-electron chi connectivity index (χ1n) is 7.39. The lowest BCUT2D eigenvalue weighted by molar-refractivity contribution is -0.116. The number of rotatable bonds is 7. The second kappa shape index (κ2) is 7.56. The SMILES string of the molecule is CCOC(=O)c1c(NC(=O)CCCCO)sc2c1CCC2. The van der Waals surface area contributed by atoms with E-state index in [1.165, 1.54) is 16.2 Å². The Kier molecular flexibility index (Phi) is 5.76. The number of carbonyl (C=O) groups is 2. The Morgan fingerprint density at radius 2 is 2.14 bits per heavy atom. The van der Waals surface area contributed by atoms with Crippen molar-refractivity contribution < 1.29 is 19.4 Å². The average molecular weight is 311 g/mol. The van der Waals surface area contributed by atoms with Gasteiger partial charge in [0.1, 0.15) is 5.00 Å². The highest BCUT2D eigenvalue weighted by Gasteiger charge is 2.28. The van der Waals surface area contributed by atoms with Gasteiger partial charge in [0.05, 0.1) is 12.2 Å². The predicted molar refractivity (Wildman–Crippen MR) is 81.9 cm³/mol. The highest BCUT2D eigenvalue weighted by Crippen LogP contribution is 2.39. The minimum atomic E-state index is -0.345. The summed E-state index contributed by atoms with van der Waals surface area (Å²) >= 11 is 1.49. The molecule has 1 aliphatic rings. The van der Waals surface area contributed by atoms with Crippen molar-refractivity contribution in [2.45, 2.75) is 45.4 Å². The van der Waals surface area contributed by atoms with Gasteiger partial charge in [-0.1, -0.05) is 0 Å². The lowest BCUT2D eigenvalue weighted by Crippen LogP contribution is -2.14. The Bertz CT molecular complexity index is 524. The van der Waals surface area contributed by atoms with Gasteiger partial charge < -0.3 is 15.2 Å². The van der Waals surface area contributed by atoms with E-state index in [0.717, 1.165) is 24.8 Å². The molecule has 0 atom stereocenters. The van der Waals surface area contributed by atoms with Crippen LogP contribution in [0.2, 0.25) is 0 Å². The third kappa shape index (κ3) is 3.83. The number of amides is 1. The fraction of sp³-hybridized carbons (Fsp3) is 0.600. The van der Waals surface area contributed by atoms with Crippen molar-refractivity contribution in [2.24, 2.45) is 0 Å². The largest absolute Gasteiger partial charge is 0.462 e. The zero-order valence-corrected chi connectivity index (χ0v) is 13.1. The van der Waals surface area contributed by atoms with Gasteiger partial charge in [-0.25, -0.2) is 4.79 Å². The van der Waals surface area contributed by atoms with Crippen LogP contribution in [-0.2, 0) is 22.4 Å². The van der Waals surface area contributed by atoms with Crippen LogP contribution in [0.5, 0.6) is 0 Å². The molecule has 0 bridgehead atoms. The van der Waals surface area contributed by atoms with Crippen molar-refractivity contribution >= 4 is 28.2 Å². The number of aliphatic hydroxyl groups is 1. The number of ether oxygens (including phenoxy) is 1. The summed E-state index contributed by atoms with van der Waals surface area (Å²) < 4.78 is 5.12. The molecule has 1 heterocycles. The molecule has 0 saturated carbocycles. The van der Waals surface area contributed by atoms with E-state index in [0.29, 0.717) is 36.4 Å². The minimum Gasteiger partial charge on any atom is -0.462 e. The van der Waals surface area contributed by atoms with Gasteiger partial charge in [0.2, 0.25) is 5.91 Å². The van der Waals surface area contributed by atoms with E-state index >= 15 is 0 Å². The first-order valence-corrected chi connectivity index (χ1v) is 8.21. The molecule has 1 amide bonds. The molecule has 0 radical (unpaired) electrons. The van der Waals surface area contributed by atoms with Gasteiger partial charge in [-0.3, -0.25) is 4.79 Å². The summed E-state index contributed by atoms with van der Waals surface area (Å²) in [5.74, 6) is -0.462. The number of unbranched alkanes of at least 4 members (excludes halogenated alkanes) is 1. The number of carbonyl (C=O) groups excluding carboxylic acids is 2. The third-order valence-corrected chi connectivity index (χ3v) is 4.67. The molecule has 0 saturated heterocycles. The van der Waals surface area contributed by atoms with Gasteiger partial charge in [0.15, 0.2) is 0 Å². The molecule has 0 spiro atoms. The monoisotopic (exact) mass is 311 g/mol. The normalized spacial score (nSPS) is 13.0. The fourth-order valence-corrected chi connectivity index (χ4v) is 3.79. The second-order valence-electron chi connectivity index (χ2n) is 5.01. The van der Waals surface area contributed by atoms with Gasteiger partial charge in [-0.15, -0.1) is 11.3 Å². The van der Waals surface area contributed by atoms with Gasteiger partial charge >= 0.3 is 5.97 Å². The van der Waals surface area contributed by atoms with Crippen molar-refractivity contribution in [1.29, 1.82) is 0 Å². The molecule has 21 heavy (non-hydrogen) atoms. The van der Waals surface area contributed by atoms with Crippen LogP contribution in [0.3, 0.4) is 0 Å². The lowest BCUT2D eigenvalue weighted by Gasteiger charge is -2.07. The number of nitrogens with one attached hydrogen (secondary N) is 1. The number of aryl methyl sites for hydroxylation is 1. The third-order valence-electron chi connectivity index (χ3n) is 3.47. The molecule has 0 aliphatic heterocycles. The van der Waals surface area contributed by atoms with Crippen molar-refractivity contribution in [3.05, 3.63) is 16.0 Å². The van der Waals surface area contributed by atoms with E-state index in [1.54, 1.807) is 6.92 Å². The standard InChI is InChI=1S/C15H21NO4S/c1-2-20-15(19)13-10-6-5-7-11(10)21-14(13)16-12(18)8-3-4-9-17/h17H,2-9H2,1H3,(H,16,18). The van der Waals surface area contributed by atoms with Gasteiger partial charge in [-0.05, 0) is 44.6 Å². The Hall–Kier alpha value is -1.40. The first-order chi connectivity index (χ1) is 10.2. The topological polar surface area (TPSA) is 75.6 Å².